The summed E-state index contributed by atoms with van der Waals surface area (Å²) >= 11 is 0. The number of hydrogen-bond acceptors (Lipinski definition) is 3. The number of carbonyl (C=O) groups is 1. The Hall–Kier alpha value is -3.40. The maximum atomic E-state index is 12.7. The van der Waals surface area contributed by atoms with Crippen molar-refractivity contribution in [1.82, 2.24) is 10.3 Å². The number of phenolic OH excluding ortho intramolecular Hbond substituents is 1. The van der Waals surface area contributed by atoms with Crippen LogP contribution in [-0.2, 0) is 0 Å². The zero-order valence-corrected chi connectivity index (χ0v) is 14.3. The highest BCUT2D eigenvalue weighted by Crippen LogP contribution is 2.28. The highest BCUT2D eigenvalue weighted by molar-refractivity contribution is 6.02. The van der Waals surface area contributed by atoms with Crippen LogP contribution in [-0.4, -0.2) is 16.0 Å². The van der Waals surface area contributed by atoms with E-state index in [-0.39, 0.29) is 23.3 Å². The lowest BCUT2D eigenvalue weighted by atomic mass is 9.99. The third-order valence-corrected chi connectivity index (χ3v) is 4.63. The number of hydrogen-bond donors (Lipinski definition) is 2. The summed E-state index contributed by atoms with van der Waals surface area (Å²) in [6.07, 6.45) is 1.60. The van der Waals surface area contributed by atoms with Gasteiger partial charge in [-0.05, 0) is 35.4 Å². The van der Waals surface area contributed by atoms with Gasteiger partial charge in [-0.15, -0.1) is 0 Å². The fraction of sp³-hybridized carbons (Fsp3) is 0.0909. The Morgan fingerprint density at radius 2 is 1.73 bits per heavy atom. The quantitative estimate of drug-likeness (QED) is 0.573. The van der Waals surface area contributed by atoms with Crippen molar-refractivity contribution in [2.75, 3.05) is 0 Å². The first kappa shape index (κ1) is 16.1. The Bertz CT molecular complexity index is 1120. The monoisotopic (exact) mass is 342 g/mol. The molecule has 3 aromatic carbocycles. The van der Waals surface area contributed by atoms with Crippen LogP contribution in [0.4, 0.5) is 0 Å². The van der Waals surface area contributed by atoms with Crippen LogP contribution in [0.25, 0.3) is 21.7 Å². The summed E-state index contributed by atoms with van der Waals surface area (Å²) in [5.74, 6) is -0.416. The molecule has 0 bridgehead atoms. The maximum absolute atomic E-state index is 12.7. The molecule has 4 aromatic rings. The van der Waals surface area contributed by atoms with E-state index in [0.29, 0.717) is 5.52 Å². The SMILES string of the molecule is C[C@H](NC(=O)c1ccc2cccnc2c1O)c1cccc2ccccc12. The number of phenols is 1. The van der Waals surface area contributed by atoms with Crippen LogP contribution in [0.2, 0.25) is 0 Å². The molecule has 0 aliphatic carbocycles. The van der Waals surface area contributed by atoms with Crippen molar-refractivity contribution in [3.05, 3.63) is 84.1 Å². The van der Waals surface area contributed by atoms with Gasteiger partial charge in [0.15, 0.2) is 5.75 Å². The molecule has 0 spiro atoms. The van der Waals surface area contributed by atoms with Gasteiger partial charge in [-0.1, -0.05) is 54.6 Å². The Kier molecular flexibility index (Phi) is 4.01. The number of benzene rings is 3. The van der Waals surface area contributed by atoms with Crippen molar-refractivity contribution >= 4 is 27.6 Å². The molecule has 0 fully saturated rings. The molecule has 0 aliphatic rings. The van der Waals surface area contributed by atoms with Gasteiger partial charge >= 0.3 is 0 Å². The molecule has 4 nitrogen and oxygen atoms in total. The van der Waals surface area contributed by atoms with Gasteiger partial charge in [0.25, 0.3) is 5.91 Å². The van der Waals surface area contributed by atoms with Crippen LogP contribution >= 0.6 is 0 Å². The average Bonchev–Trinajstić information content (AvgIpc) is 2.68. The minimum absolute atomic E-state index is 0.0919. The van der Waals surface area contributed by atoms with Crippen LogP contribution in [0.3, 0.4) is 0 Å². The number of amides is 1. The Morgan fingerprint density at radius 1 is 0.962 bits per heavy atom. The van der Waals surface area contributed by atoms with Gasteiger partial charge in [0, 0.05) is 11.6 Å². The first-order valence-corrected chi connectivity index (χ1v) is 8.50. The molecule has 128 valence electrons. The van der Waals surface area contributed by atoms with Crippen LogP contribution < -0.4 is 5.32 Å². The van der Waals surface area contributed by atoms with Crippen LogP contribution in [0.1, 0.15) is 28.9 Å². The summed E-state index contributed by atoms with van der Waals surface area (Å²) in [5.41, 5.74) is 1.69. The second-order valence-corrected chi connectivity index (χ2v) is 6.30. The number of carbonyl (C=O) groups excluding carboxylic acids is 1. The summed E-state index contributed by atoms with van der Waals surface area (Å²) in [7, 11) is 0. The van der Waals surface area contributed by atoms with Crippen molar-refractivity contribution in [2.24, 2.45) is 0 Å². The molecule has 0 radical (unpaired) electrons. The van der Waals surface area contributed by atoms with E-state index in [2.05, 4.69) is 10.3 Å². The lowest BCUT2D eigenvalue weighted by Gasteiger charge is -2.17. The Morgan fingerprint density at radius 3 is 2.62 bits per heavy atom. The van der Waals surface area contributed by atoms with Crippen molar-refractivity contribution in [3.63, 3.8) is 0 Å². The molecule has 0 saturated carbocycles. The van der Waals surface area contributed by atoms with E-state index in [4.69, 9.17) is 0 Å². The van der Waals surface area contributed by atoms with Gasteiger partial charge in [-0.25, -0.2) is 0 Å². The number of pyridine rings is 1. The molecule has 1 amide bonds. The highest BCUT2D eigenvalue weighted by Gasteiger charge is 2.18. The highest BCUT2D eigenvalue weighted by atomic mass is 16.3. The van der Waals surface area contributed by atoms with E-state index in [1.54, 1.807) is 24.4 Å². The third-order valence-electron chi connectivity index (χ3n) is 4.63. The van der Waals surface area contributed by atoms with Gasteiger partial charge in [0.05, 0.1) is 11.6 Å². The normalized spacial score (nSPS) is 12.2. The molecule has 2 N–H and O–H groups in total. The maximum Gasteiger partial charge on any atom is 0.255 e. The molecular weight excluding hydrogens is 324 g/mol. The molecule has 0 saturated heterocycles. The number of rotatable bonds is 3. The van der Waals surface area contributed by atoms with E-state index in [1.807, 2.05) is 55.5 Å². The molecule has 26 heavy (non-hydrogen) atoms. The predicted molar refractivity (Wildman–Crippen MR) is 103 cm³/mol. The molecule has 4 rings (SSSR count). The van der Waals surface area contributed by atoms with E-state index < -0.39 is 0 Å². The standard InChI is InChI=1S/C22H18N2O2/c1-14(17-10-4-7-15-6-2-3-9-18(15)17)24-22(26)19-12-11-16-8-5-13-23-20(16)21(19)25/h2-14,25H,1H3,(H,24,26)/t14-/m0/s1. The van der Waals surface area contributed by atoms with Gasteiger partial charge in [0.2, 0.25) is 0 Å². The molecule has 4 heteroatoms. The van der Waals surface area contributed by atoms with Crippen molar-refractivity contribution in [2.45, 2.75) is 13.0 Å². The summed E-state index contributed by atoms with van der Waals surface area (Å²) in [6, 6.07) is 21.0. The number of nitrogens with zero attached hydrogens (tertiary/aromatic N) is 1. The fourth-order valence-corrected chi connectivity index (χ4v) is 3.29. The summed E-state index contributed by atoms with van der Waals surface area (Å²) in [4.78, 5) is 16.9. The second-order valence-electron chi connectivity index (χ2n) is 6.30. The van der Waals surface area contributed by atoms with Crippen molar-refractivity contribution in [3.8, 4) is 5.75 Å². The topological polar surface area (TPSA) is 62.2 Å². The van der Waals surface area contributed by atoms with Gasteiger partial charge in [0.1, 0.15) is 5.52 Å². The van der Waals surface area contributed by atoms with E-state index >= 15 is 0 Å². The molecule has 0 unspecified atom stereocenters. The summed E-state index contributed by atoms with van der Waals surface area (Å²) < 4.78 is 0. The Labute approximate surface area is 151 Å². The van der Waals surface area contributed by atoms with E-state index in [0.717, 1.165) is 21.7 Å². The van der Waals surface area contributed by atoms with Gasteiger partial charge in [-0.3, -0.25) is 9.78 Å². The summed E-state index contributed by atoms with van der Waals surface area (Å²) in [5, 5.41) is 16.5. The molecule has 1 atom stereocenters. The summed E-state index contributed by atoms with van der Waals surface area (Å²) in [6.45, 7) is 1.94. The number of aromatic nitrogens is 1. The minimum Gasteiger partial charge on any atom is -0.505 e. The Balaban J connectivity index is 1.67. The van der Waals surface area contributed by atoms with E-state index in [9.17, 15) is 9.90 Å². The zero-order chi connectivity index (χ0) is 18.1. The van der Waals surface area contributed by atoms with Crippen molar-refractivity contribution in [1.29, 1.82) is 0 Å². The number of aromatic hydroxyl groups is 1. The predicted octanol–water partition coefficient (Wildman–Crippen LogP) is 4.58. The van der Waals surface area contributed by atoms with Crippen LogP contribution in [0.15, 0.2) is 72.9 Å². The van der Waals surface area contributed by atoms with Crippen molar-refractivity contribution < 1.29 is 9.90 Å². The van der Waals surface area contributed by atoms with Gasteiger partial charge in [-0.2, -0.15) is 0 Å². The van der Waals surface area contributed by atoms with E-state index in [1.165, 1.54) is 0 Å². The second kappa shape index (κ2) is 6.48. The first-order chi connectivity index (χ1) is 12.6. The van der Waals surface area contributed by atoms with Crippen LogP contribution in [0.5, 0.6) is 5.75 Å². The zero-order valence-electron chi connectivity index (χ0n) is 14.3. The largest absolute Gasteiger partial charge is 0.505 e. The first-order valence-electron chi connectivity index (χ1n) is 8.50. The van der Waals surface area contributed by atoms with Gasteiger partial charge < -0.3 is 10.4 Å². The number of nitrogens with one attached hydrogen (secondary N) is 1. The third kappa shape index (κ3) is 2.75. The smallest absolute Gasteiger partial charge is 0.255 e. The lowest BCUT2D eigenvalue weighted by Crippen LogP contribution is -2.26. The minimum atomic E-state index is -0.324. The lowest BCUT2D eigenvalue weighted by molar-refractivity contribution is 0.0937. The number of fused-ring (bicyclic) bond motifs is 2. The van der Waals surface area contributed by atoms with Crippen LogP contribution in [0, 0.1) is 0 Å². The molecular formula is C22H18N2O2. The fourth-order valence-electron chi connectivity index (χ4n) is 3.29. The molecule has 0 aliphatic heterocycles. The molecule has 1 aromatic heterocycles. The molecule has 1 heterocycles. The average molecular weight is 342 g/mol.